The Morgan fingerprint density at radius 1 is 0.943 bits per heavy atom. The number of hydrogen-bond donors (Lipinski definition) is 2. The summed E-state index contributed by atoms with van der Waals surface area (Å²) in [5.74, 6) is -4.35. The average molecular weight is 478 g/mol. The highest BCUT2D eigenvalue weighted by Gasteiger charge is 2.48. The number of Topliss-reactive ketones (excluding diaryl/α,β-unsaturated/α-hetero) is 1. The second kappa shape index (κ2) is 8.65. The van der Waals surface area contributed by atoms with E-state index in [0.29, 0.717) is 22.8 Å². The highest BCUT2D eigenvalue weighted by molar-refractivity contribution is 6.51. The normalized spacial score (nSPS) is 17.8. The van der Waals surface area contributed by atoms with Gasteiger partial charge in [-0.1, -0.05) is 45.0 Å². The molecule has 4 rings (SSSR count). The summed E-state index contributed by atoms with van der Waals surface area (Å²) < 4.78 is 28.4. The number of amides is 1. The Balaban J connectivity index is 2.00. The van der Waals surface area contributed by atoms with E-state index in [9.17, 15) is 28.6 Å². The summed E-state index contributed by atoms with van der Waals surface area (Å²) in [5, 5.41) is 21.2. The van der Waals surface area contributed by atoms with Crippen molar-refractivity contribution in [1.82, 2.24) is 0 Å². The van der Waals surface area contributed by atoms with E-state index in [1.165, 1.54) is 24.3 Å². The zero-order valence-corrected chi connectivity index (χ0v) is 19.8. The number of phenolic OH excluding ortho intramolecular Hbond substituents is 1. The summed E-state index contributed by atoms with van der Waals surface area (Å²) in [6, 6.07) is 12.7. The molecule has 180 valence electrons. The van der Waals surface area contributed by atoms with Crippen LogP contribution in [-0.4, -0.2) is 21.9 Å². The van der Waals surface area contributed by atoms with Gasteiger partial charge in [0.1, 0.15) is 23.1 Å². The highest BCUT2D eigenvalue weighted by atomic mass is 19.1. The van der Waals surface area contributed by atoms with E-state index in [-0.39, 0.29) is 22.4 Å². The molecule has 1 fully saturated rings. The van der Waals surface area contributed by atoms with Crippen LogP contribution in [-0.2, 0) is 15.0 Å². The number of nitrogens with zero attached hydrogens (tertiary/aromatic N) is 1. The number of aliphatic hydroxyl groups excluding tert-OH is 1. The van der Waals surface area contributed by atoms with Crippen molar-refractivity contribution in [2.75, 3.05) is 4.90 Å². The molecular formula is C28H25F2NO4. The van der Waals surface area contributed by atoms with Gasteiger partial charge in [0.2, 0.25) is 0 Å². The topological polar surface area (TPSA) is 77.8 Å². The minimum Gasteiger partial charge on any atom is -0.508 e. The molecule has 7 heteroatoms. The first-order valence-corrected chi connectivity index (χ1v) is 11.1. The molecule has 0 saturated carbocycles. The van der Waals surface area contributed by atoms with Crippen molar-refractivity contribution in [2.24, 2.45) is 0 Å². The molecule has 1 atom stereocenters. The van der Waals surface area contributed by atoms with Crippen molar-refractivity contribution in [3.63, 3.8) is 0 Å². The maximum Gasteiger partial charge on any atom is 0.300 e. The lowest BCUT2D eigenvalue weighted by molar-refractivity contribution is -0.132. The van der Waals surface area contributed by atoms with Crippen molar-refractivity contribution < 1.29 is 28.6 Å². The van der Waals surface area contributed by atoms with Gasteiger partial charge < -0.3 is 10.2 Å². The van der Waals surface area contributed by atoms with Gasteiger partial charge in [0.05, 0.1) is 17.3 Å². The van der Waals surface area contributed by atoms with Crippen molar-refractivity contribution in [3.8, 4) is 5.75 Å². The summed E-state index contributed by atoms with van der Waals surface area (Å²) in [6.45, 7) is 7.79. The van der Waals surface area contributed by atoms with Crippen LogP contribution in [0.25, 0.3) is 5.76 Å². The smallest absolute Gasteiger partial charge is 0.300 e. The zero-order chi connectivity index (χ0) is 25.7. The molecule has 35 heavy (non-hydrogen) atoms. The number of hydrogen-bond acceptors (Lipinski definition) is 4. The number of halogens is 2. The van der Waals surface area contributed by atoms with E-state index in [0.717, 1.165) is 22.6 Å². The van der Waals surface area contributed by atoms with Gasteiger partial charge in [-0.25, -0.2) is 8.78 Å². The predicted octanol–water partition coefficient (Wildman–Crippen LogP) is 5.90. The fraction of sp³-hybridized carbons (Fsp3) is 0.214. The molecule has 1 aliphatic rings. The lowest BCUT2D eigenvalue weighted by atomic mass is 9.84. The first-order valence-electron chi connectivity index (χ1n) is 11.1. The van der Waals surface area contributed by atoms with Crippen LogP contribution >= 0.6 is 0 Å². The fourth-order valence-electron chi connectivity index (χ4n) is 4.22. The van der Waals surface area contributed by atoms with Gasteiger partial charge in [0.15, 0.2) is 0 Å². The molecule has 3 aromatic carbocycles. The van der Waals surface area contributed by atoms with E-state index in [1.54, 1.807) is 13.0 Å². The Morgan fingerprint density at radius 3 is 2.20 bits per heavy atom. The number of benzene rings is 3. The monoisotopic (exact) mass is 477 g/mol. The summed E-state index contributed by atoms with van der Waals surface area (Å²) >= 11 is 0. The lowest BCUT2D eigenvalue weighted by Gasteiger charge is -2.26. The van der Waals surface area contributed by atoms with Gasteiger partial charge in [0.25, 0.3) is 11.7 Å². The molecule has 0 radical (unpaired) electrons. The summed E-state index contributed by atoms with van der Waals surface area (Å²) in [6.07, 6.45) is 0. The number of aromatic hydroxyl groups is 1. The van der Waals surface area contributed by atoms with Crippen molar-refractivity contribution in [1.29, 1.82) is 0 Å². The van der Waals surface area contributed by atoms with Crippen LogP contribution < -0.4 is 4.90 Å². The van der Waals surface area contributed by atoms with Gasteiger partial charge in [-0.2, -0.15) is 0 Å². The van der Waals surface area contributed by atoms with Crippen LogP contribution in [0.15, 0.2) is 66.2 Å². The third-order valence-electron chi connectivity index (χ3n) is 6.18. The Bertz CT molecular complexity index is 1370. The first kappa shape index (κ1) is 24.1. The first-order chi connectivity index (χ1) is 16.4. The Morgan fingerprint density at radius 2 is 1.60 bits per heavy atom. The summed E-state index contributed by atoms with van der Waals surface area (Å²) in [7, 11) is 0. The molecule has 3 aromatic rings. The van der Waals surface area contributed by atoms with E-state index in [1.807, 2.05) is 32.9 Å². The van der Waals surface area contributed by atoms with Crippen molar-refractivity contribution >= 4 is 23.1 Å². The van der Waals surface area contributed by atoms with Crippen LogP contribution in [0.2, 0.25) is 0 Å². The molecule has 1 unspecified atom stereocenters. The van der Waals surface area contributed by atoms with Crippen LogP contribution in [0.4, 0.5) is 14.5 Å². The minimum absolute atomic E-state index is 0.0487. The van der Waals surface area contributed by atoms with E-state index in [4.69, 9.17) is 0 Å². The standard InChI is InChI=1S/C28H25F2NO4/c1-15-5-8-17(28(2,3)4)13-20(15)25(33)23-24(16-6-10-19(32)11-7-16)31(27(35)26(23)34)22-12-9-18(29)14-21(22)30/h5-14,24,32-33H,1-4H3/b25-23+. The third-order valence-corrected chi connectivity index (χ3v) is 6.18. The zero-order valence-electron chi connectivity index (χ0n) is 19.8. The summed E-state index contributed by atoms with van der Waals surface area (Å²) in [4.78, 5) is 27.4. The molecule has 0 spiro atoms. The number of carbonyl (C=O) groups is 2. The van der Waals surface area contributed by atoms with E-state index >= 15 is 0 Å². The van der Waals surface area contributed by atoms with Gasteiger partial charge in [0, 0.05) is 11.6 Å². The molecule has 1 aliphatic heterocycles. The predicted molar refractivity (Wildman–Crippen MR) is 129 cm³/mol. The molecule has 0 bridgehead atoms. The maximum absolute atomic E-state index is 14.8. The SMILES string of the molecule is Cc1ccc(C(C)(C)C)cc1/C(O)=C1\C(=O)C(=O)N(c2ccc(F)cc2F)C1c1ccc(O)cc1. The number of carbonyl (C=O) groups excluding carboxylic acids is 2. The Kier molecular flexibility index (Phi) is 5.97. The molecular weight excluding hydrogens is 452 g/mol. The van der Waals surface area contributed by atoms with Crippen LogP contribution in [0, 0.1) is 18.6 Å². The fourth-order valence-corrected chi connectivity index (χ4v) is 4.22. The minimum atomic E-state index is -1.20. The number of phenols is 1. The molecule has 1 saturated heterocycles. The highest BCUT2D eigenvalue weighted by Crippen LogP contribution is 2.44. The van der Waals surface area contributed by atoms with Gasteiger partial charge in [-0.3, -0.25) is 14.5 Å². The number of aliphatic hydroxyl groups is 1. The largest absolute Gasteiger partial charge is 0.508 e. The Hall–Kier alpha value is -4.00. The molecule has 5 nitrogen and oxygen atoms in total. The van der Waals surface area contributed by atoms with Crippen LogP contribution in [0.3, 0.4) is 0 Å². The quantitative estimate of drug-likeness (QED) is 0.280. The maximum atomic E-state index is 14.8. The number of ketones is 1. The molecule has 2 N–H and O–H groups in total. The second-order valence-electron chi connectivity index (χ2n) is 9.64. The van der Waals surface area contributed by atoms with E-state index in [2.05, 4.69) is 0 Å². The molecule has 0 aliphatic carbocycles. The number of anilines is 1. The van der Waals surface area contributed by atoms with Gasteiger partial charge >= 0.3 is 0 Å². The van der Waals surface area contributed by atoms with Crippen LogP contribution in [0.1, 0.15) is 49.1 Å². The second-order valence-corrected chi connectivity index (χ2v) is 9.64. The Labute approximate surface area is 202 Å². The van der Waals surface area contributed by atoms with Crippen molar-refractivity contribution in [3.05, 3.63) is 100 Å². The summed E-state index contributed by atoms with van der Waals surface area (Å²) in [5.41, 5.74) is 1.55. The molecule has 1 heterocycles. The lowest BCUT2D eigenvalue weighted by Crippen LogP contribution is -2.30. The number of rotatable bonds is 3. The molecule has 1 amide bonds. The van der Waals surface area contributed by atoms with Crippen LogP contribution in [0.5, 0.6) is 5.75 Å². The van der Waals surface area contributed by atoms with Crippen molar-refractivity contribution in [2.45, 2.75) is 39.2 Å². The average Bonchev–Trinajstić information content (AvgIpc) is 3.04. The van der Waals surface area contributed by atoms with E-state index < -0.39 is 35.1 Å². The van der Waals surface area contributed by atoms with Gasteiger partial charge in [-0.15, -0.1) is 0 Å². The third kappa shape index (κ3) is 4.30. The number of aryl methyl sites for hydroxylation is 1. The van der Waals surface area contributed by atoms with Gasteiger partial charge in [-0.05, 0) is 59.4 Å². The molecule has 0 aromatic heterocycles.